The first kappa shape index (κ1) is 20.9. The number of rotatable bonds is 5. The monoisotopic (exact) mass is 394 g/mol. The molecule has 0 spiro atoms. The molecule has 1 N–H and O–H groups in total. The lowest BCUT2D eigenvalue weighted by molar-refractivity contribution is -0.118. The molecular formula is C24H30N2O3. The molecule has 0 unspecified atom stereocenters. The Hall–Kier alpha value is -2.82. The fourth-order valence-electron chi connectivity index (χ4n) is 3.59. The summed E-state index contributed by atoms with van der Waals surface area (Å²) in [5.74, 6) is 0.389. The molecule has 1 aliphatic rings. The van der Waals surface area contributed by atoms with Gasteiger partial charge in [-0.1, -0.05) is 51.1 Å². The minimum Gasteiger partial charge on any atom is -0.483 e. The average Bonchev–Trinajstić information content (AvgIpc) is 2.72. The van der Waals surface area contributed by atoms with E-state index in [-0.39, 0.29) is 23.8 Å². The number of hydrogen-bond donors (Lipinski definition) is 1. The Morgan fingerprint density at radius 2 is 1.62 bits per heavy atom. The molecule has 5 heteroatoms. The first-order valence-electron chi connectivity index (χ1n) is 10.3. The van der Waals surface area contributed by atoms with Gasteiger partial charge in [0, 0.05) is 13.1 Å². The lowest BCUT2D eigenvalue weighted by atomic mass is 9.86. The first-order chi connectivity index (χ1) is 13.9. The molecule has 29 heavy (non-hydrogen) atoms. The SMILES string of the molecule is CC(C)(C)c1ccccc1OCC(=O)Nc1ccccc1C(=O)N1CCCCC1. The Morgan fingerprint density at radius 1 is 0.966 bits per heavy atom. The number of hydrogen-bond acceptors (Lipinski definition) is 3. The van der Waals surface area contributed by atoms with E-state index in [1.807, 2.05) is 41.3 Å². The number of nitrogens with one attached hydrogen (secondary N) is 1. The van der Waals surface area contributed by atoms with Crippen LogP contribution in [0.2, 0.25) is 0 Å². The molecule has 1 heterocycles. The van der Waals surface area contributed by atoms with Crippen molar-refractivity contribution in [3.8, 4) is 5.75 Å². The number of nitrogens with zero attached hydrogens (tertiary/aromatic N) is 1. The summed E-state index contributed by atoms with van der Waals surface area (Å²) in [6.45, 7) is 7.76. The molecule has 2 aromatic rings. The number of anilines is 1. The average molecular weight is 395 g/mol. The molecule has 0 radical (unpaired) electrons. The van der Waals surface area contributed by atoms with Crippen LogP contribution in [0, 0.1) is 0 Å². The number of carbonyl (C=O) groups is 2. The van der Waals surface area contributed by atoms with Crippen LogP contribution in [0.1, 0.15) is 56.0 Å². The van der Waals surface area contributed by atoms with Crippen molar-refractivity contribution in [3.63, 3.8) is 0 Å². The van der Waals surface area contributed by atoms with Crippen LogP contribution in [-0.4, -0.2) is 36.4 Å². The van der Waals surface area contributed by atoms with Gasteiger partial charge in [0.1, 0.15) is 5.75 Å². The Bertz CT molecular complexity index is 864. The van der Waals surface area contributed by atoms with Crippen molar-refractivity contribution in [2.24, 2.45) is 0 Å². The van der Waals surface area contributed by atoms with Crippen molar-refractivity contribution in [2.45, 2.75) is 45.4 Å². The van der Waals surface area contributed by atoms with Crippen molar-refractivity contribution in [1.29, 1.82) is 0 Å². The summed E-state index contributed by atoms with van der Waals surface area (Å²) in [5, 5.41) is 2.85. The third-order valence-corrected chi connectivity index (χ3v) is 5.13. The number of likely N-dealkylation sites (tertiary alicyclic amines) is 1. The zero-order valence-corrected chi connectivity index (χ0v) is 17.5. The quantitative estimate of drug-likeness (QED) is 0.804. The van der Waals surface area contributed by atoms with Gasteiger partial charge in [0.25, 0.3) is 11.8 Å². The number of para-hydroxylation sites is 2. The summed E-state index contributed by atoms with van der Waals surface area (Å²) in [5.41, 5.74) is 2.02. The van der Waals surface area contributed by atoms with Gasteiger partial charge in [0.2, 0.25) is 0 Å². The summed E-state index contributed by atoms with van der Waals surface area (Å²) in [6, 6.07) is 14.9. The molecule has 1 fully saturated rings. The molecule has 1 aliphatic heterocycles. The molecule has 1 saturated heterocycles. The molecule has 0 aliphatic carbocycles. The zero-order valence-electron chi connectivity index (χ0n) is 17.5. The Labute approximate surface area is 173 Å². The molecule has 154 valence electrons. The van der Waals surface area contributed by atoms with E-state index >= 15 is 0 Å². The lowest BCUT2D eigenvalue weighted by Gasteiger charge is -2.27. The van der Waals surface area contributed by atoms with Gasteiger partial charge >= 0.3 is 0 Å². The molecule has 0 aromatic heterocycles. The molecule has 2 amide bonds. The van der Waals surface area contributed by atoms with Crippen LogP contribution in [0.3, 0.4) is 0 Å². The lowest BCUT2D eigenvalue weighted by Crippen LogP contribution is -2.36. The normalized spacial score (nSPS) is 14.4. The van der Waals surface area contributed by atoms with Crippen molar-refractivity contribution in [2.75, 3.05) is 25.0 Å². The first-order valence-corrected chi connectivity index (χ1v) is 10.3. The van der Waals surface area contributed by atoms with E-state index in [2.05, 4.69) is 26.1 Å². The fourth-order valence-corrected chi connectivity index (χ4v) is 3.59. The third-order valence-electron chi connectivity index (χ3n) is 5.13. The van der Waals surface area contributed by atoms with E-state index < -0.39 is 0 Å². The van der Waals surface area contributed by atoms with E-state index in [0.29, 0.717) is 17.0 Å². The van der Waals surface area contributed by atoms with Crippen molar-refractivity contribution < 1.29 is 14.3 Å². The van der Waals surface area contributed by atoms with Gasteiger partial charge < -0.3 is 15.0 Å². The summed E-state index contributed by atoms with van der Waals surface area (Å²) >= 11 is 0. The summed E-state index contributed by atoms with van der Waals surface area (Å²) < 4.78 is 5.81. The van der Waals surface area contributed by atoms with Crippen molar-refractivity contribution in [3.05, 3.63) is 59.7 Å². The highest BCUT2D eigenvalue weighted by atomic mass is 16.5. The molecule has 0 saturated carbocycles. The highest BCUT2D eigenvalue weighted by molar-refractivity contribution is 6.04. The van der Waals surface area contributed by atoms with Gasteiger partial charge in [-0.25, -0.2) is 0 Å². The second-order valence-corrected chi connectivity index (χ2v) is 8.48. The van der Waals surface area contributed by atoms with E-state index in [0.717, 1.165) is 37.9 Å². The molecule has 2 aromatic carbocycles. The highest BCUT2D eigenvalue weighted by Gasteiger charge is 2.22. The largest absolute Gasteiger partial charge is 0.483 e. The third kappa shape index (κ3) is 5.37. The van der Waals surface area contributed by atoms with E-state index in [1.165, 1.54) is 0 Å². The minimum atomic E-state index is -0.285. The summed E-state index contributed by atoms with van der Waals surface area (Å²) in [4.78, 5) is 27.3. The van der Waals surface area contributed by atoms with E-state index in [9.17, 15) is 9.59 Å². The van der Waals surface area contributed by atoms with Gasteiger partial charge in [-0.3, -0.25) is 9.59 Å². The number of amides is 2. The van der Waals surface area contributed by atoms with Gasteiger partial charge in [-0.05, 0) is 48.4 Å². The van der Waals surface area contributed by atoms with Crippen LogP contribution in [0.25, 0.3) is 0 Å². The van der Waals surface area contributed by atoms with E-state index in [1.54, 1.807) is 12.1 Å². The molecule has 0 atom stereocenters. The number of carbonyl (C=O) groups excluding carboxylic acids is 2. The topological polar surface area (TPSA) is 58.6 Å². The van der Waals surface area contributed by atoms with Crippen LogP contribution in [0.4, 0.5) is 5.69 Å². The number of benzene rings is 2. The molecule has 0 bridgehead atoms. The fraction of sp³-hybridized carbons (Fsp3) is 0.417. The second-order valence-electron chi connectivity index (χ2n) is 8.48. The molecule has 5 nitrogen and oxygen atoms in total. The van der Waals surface area contributed by atoms with E-state index in [4.69, 9.17) is 4.74 Å². The predicted molar refractivity (Wildman–Crippen MR) is 115 cm³/mol. The summed E-state index contributed by atoms with van der Waals surface area (Å²) in [7, 11) is 0. The van der Waals surface area contributed by atoms with Gasteiger partial charge in [-0.15, -0.1) is 0 Å². The zero-order chi connectivity index (χ0) is 20.9. The van der Waals surface area contributed by atoms with Crippen LogP contribution in [0.15, 0.2) is 48.5 Å². The maximum atomic E-state index is 12.9. The standard InChI is InChI=1S/C24H30N2O3/c1-24(2,3)19-12-6-8-14-21(19)29-17-22(27)25-20-13-7-5-11-18(20)23(28)26-15-9-4-10-16-26/h5-8,11-14H,4,9-10,15-17H2,1-3H3,(H,25,27). The Kier molecular flexibility index (Phi) is 6.57. The van der Waals surface area contributed by atoms with Gasteiger partial charge in [0.15, 0.2) is 6.61 Å². The molecule has 3 rings (SSSR count). The predicted octanol–water partition coefficient (Wildman–Crippen LogP) is 4.63. The Morgan fingerprint density at radius 3 is 2.34 bits per heavy atom. The summed E-state index contributed by atoms with van der Waals surface area (Å²) in [6.07, 6.45) is 3.22. The minimum absolute atomic E-state index is 0.0282. The van der Waals surface area contributed by atoms with Crippen molar-refractivity contribution in [1.82, 2.24) is 4.90 Å². The Balaban J connectivity index is 1.67. The molecular weight excluding hydrogens is 364 g/mol. The van der Waals surface area contributed by atoms with Crippen molar-refractivity contribution >= 4 is 17.5 Å². The smallest absolute Gasteiger partial charge is 0.262 e. The van der Waals surface area contributed by atoms with Crippen LogP contribution < -0.4 is 10.1 Å². The van der Waals surface area contributed by atoms with Crippen LogP contribution in [-0.2, 0) is 10.2 Å². The van der Waals surface area contributed by atoms with Crippen LogP contribution in [0.5, 0.6) is 5.75 Å². The number of ether oxygens (including phenoxy) is 1. The highest BCUT2D eigenvalue weighted by Crippen LogP contribution is 2.31. The van der Waals surface area contributed by atoms with Gasteiger partial charge in [-0.2, -0.15) is 0 Å². The number of piperidine rings is 1. The maximum Gasteiger partial charge on any atom is 0.262 e. The van der Waals surface area contributed by atoms with Crippen LogP contribution >= 0.6 is 0 Å². The maximum absolute atomic E-state index is 12.9. The second kappa shape index (κ2) is 9.12. The van der Waals surface area contributed by atoms with Gasteiger partial charge in [0.05, 0.1) is 11.3 Å².